The molecule has 0 bridgehead atoms. The number of aryl methyl sites for hydroxylation is 1. The third-order valence-electron chi connectivity index (χ3n) is 2.99. The van der Waals surface area contributed by atoms with Gasteiger partial charge in [-0.3, -0.25) is 0 Å². The lowest BCUT2D eigenvalue weighted by molar-refractivity contribution is 0.189. The average molecular weight is 210 g/mol. The molecule has 0 unspecified atom stereocenters. The molecule has 15 heavy (non-hydrogen) atoms. The minimum atomic E-state index is 0.179. The van der Waals surface area contributed by atoms with Crippen LogP contribution in [0.5, 0.6) is 0 Å². The molecule has 0 saturated heterocycles. The zero-order valence-corrected chi connectivity index (χ0v) is 10.4. The van der Waals surface area contributed by atoms with Gasteiger partial charge in [0.25, 0.3) is 0 Å². The van der Waals surface area contributed by atoms with Crippen LogP contribution in [-0.4, -0.2) is 40.6 Å². The summed E-state index contributed by atoms with van der Waals surface area (Å²) in [4.78, 5) is 6.31. The molecular weight excluding hydrogens is 188 g/mol. The van der Waals surface area contributed by atoms with Crippen LogP contribution in [0.25, 0.3) is 0 Å². The maximum atomic E-state index is 4.08. The quantitative estimate of drug-likeness (QED) is 0.782. The number of hydrogen-bond donors (Lipinski definition) is 1. The number of likely N-dealkylation sites (N-methyl/N-ethyl adjacent to an activating group) is 1. The molecule has 0 aromatic carbocycles. The first-order valence-corrected chi connectivity index (χ1v) is 5.27. The van der Waals surface area contributed by atoms with E-state index in [9.17, 15) is 0 Å². The number of rotatable bonds is 5. The van der Waals surface area contributed by atoms with Crippen LogP contribution < -0.4 is 5.32 Å². The minimum absolute atomic E-state index is 0.179. The lowest BCUT2D eigenvalue weighted by Gasteiger charge is -2.32. The summed E-state index contributed by atoms with van der Waals surface area (Å²) in [6, 6.07) is 0. The summed E-state index contributed by atoms with van der Waals surface area (Å²) >= 11 is 0. The summed E-state index contributed by atoms with van der Waals surface area (Å²) in [6.07, 6.45) is 3.73. The Morgan fingerprint density at radius 1 is 1.47 bits per heavy atom. The van der Waals surface area contributed by atoms with Gasteiger partial charge in [-0.15, -0.1) is 0 Å². The molecule has 0 saturated carbocycles. The number of imidazole rings is 1. The number of nitrogens with one attached hydrogen (secondary N) is 1. The number of aromatic nitrogens is 2. The highest BCUT2D eigenvalue weighted by Gasteiger charge is 2.19. The second kappa shape index (κ2) is 4.77. The Bertz CT molecular complexity index is 301. The van der Waals surface area contributed by atoms with E-state index in [0.717, 1.165) is 13.1 Å². The summed E-state index contributed by atoms with van der Waals surface area (Å²) in [5.74, 6) is 0. The third kappa shape index (κ3) is 3.32. The van der Waals surface area contributed by atoms with Gasteiger partial charge in [-0.05, 0) is 27.9 Å². The Kier molecular flexibility index (Phi) is 3.88. The Morgan fingerprint density at radius 2 is 2.13 bits per heavy atom. The molecule has 1 aromatic heterocycles. The van der Waals surface area contributed by atoms with Crippen molar-refractivity contribution in [2.45, 2.75) is 25.9 Å². The number of nitrogens with zero attached hydrogens (tertiary/aromatic N) is 3. The monoisotopic (exact) mass is 210 g/mol. The second-order valence-electron chi connectivity index (χ2n) is 4.81. The highest BCUT2D eigenvalue weighted by Crippen LogP contribution is 2.08. The van der Waals surface area contributed by atoms with Crippen LogP contribution in [-0.2, 0) is 13.6 Å². The van der Waals surface area contributed by atoms with Crippen LogP contribution in [0, 0.1) is 0 Å². The molecule has 4 nitrogen and oxygen atoms in total. The SMILES string of the molecule is CN(C)C(C)(C)CNCc1cncn1C. The molecule has 0 spiro atoms. The van der Waals surface area contributed by atoms with Crippen LogP contribution in [0.15, 0.2) is 12.5 Å². The molecule has 0 fully saturated rings. The standard InChI is InChI=1S/C11H22N4/c1-11(2,14(3)4)8-12-6-10-7-13-9-15(10)5/h7,9,12H,6,8H2,1-5H3. The predicted octanol–water partition coefficient (Wildman–Crippen LogP) is 0.850. The van der Waals surface area contributed by atoms with Crippen molar-refractivity contribution in [3.05, 3.63) is 18.2 Å². The van der Waals surface area contributed by atoms with Gasteiger partial charge >= 0.3 is 0 Å². The molecule has 0 amide bonds. The van der Waals surface area contributed by atoms with Crippen LogP contribution >= 0.6 is 0 Å². The largest absolute Gasteiger partial charge is 0.337 e. The van der Waals surface area contributed by atoms with E-state index in [1.807, 2.05) is 24.1 Å². The zero-order valence-electron chi connectivity index (χ0n) is 10.4. The van der Waals surface area contributed by atoms with Gasteiger partial charge in [-0.25, -0.2) is 4.98 Å². The Morgan fingerprint density at radius 3 is 2.60 bits per heavy atom. The Balaban J connectivity index is 2.37. The van der Waals surface area contributed by atoms with Crippen molar-refractivity contribution < 1.29 is 0 Å². The van der Waals surface area contributed by atoms with Crippen molar-refractivity contribution in [1.29, 1.82) is 0 Å². The second-order valence-corrected chi connectivity index (χ2v) is 4.81. The normalized spacial score (nSPS) is 12.4. The van der Waals surface area contributed by atoms with Gasteiger partial charge in [0.15, 0.2) is 0 Å². The summed E-state index contributed by atoms with van der Waals surface area (Å²) in [7, 11) is 6.22. The molecule has 0 atom stereocenters. The first kappa shape index (κ1) is 12.2. The van der Waals surface area contributed by atoms with Gasteiger partial charge in [0, 0.05) is 31.9 Å². The maximum absolute atomic E-state index is 4.08. The average Bonchev–Trinajstić information content (AvgIpc) is 2.51. The molecule has 0 aliphatic carbocycles. The van der Waals surface area contributed by atoms with E-state index >= 15 is 0 Å². The molecule has 1 heterocycles. The Hall–Kier alpha value is -0.870. The number of hydrogen-bond acceptors (Lipinski definition) is 3. The summed E-state index contributed by atoms with van der Waals surface area (Å²) in [5, 5.41) is 3.45. The summed E-state index contributed by atoms with van der Waals surface area (Å²) < 4.78 is 2.04. The van der Waals surface area contributed by atoms with E-state index in [2.05, 4.69) is 43.1 Å². The molecule has 86 valence electrons. The smallest absolute Gasteiger partial charge is 0.0945 e. The lowest BCUT2D eigenvalue weighted by atomic mass is 10.0. The molecule has 0 radical (unpaired) electrons. The van der Waals surface area contributed by atoms with E-state index in [4.69, 9.17) is 0 Å². The molecule has 1 rings (SSSR count). The topological polar surface area (TPSA) is 33.1 Å². The fourth-order valence-electron chi connectivity index (χ4n) is 1.21. The van der Waals surface area contributed by atoms with Gasteiger partial charge in [0.2, 0.25) is 0 Å². The fraction of sp³-hybridized carbons (Fsp3) is 0.727. The van der Waals surface area contributed by atoms with Crippen molar-refractivity contribution in [1.82, 2.24) is 19.8 Å². The van der Waals surface area contributed by atoms with E-state index in [1.54, 1.807) is 0 Å². The fourth-order valence-corrected chi connectivity index (χ4v) is 1.21. The molecule has 1 N–H and O–H groups in total. The first-order chi connectivity index (χ1) is 6.93. The van der Waals surface area contributed by atoms with Crippen LogP contribution in [0.1, 0.15) is 19.5 Å². The van der Waals surface area contributed by atoms with E-state index < -0.39 is 0 Å². The molecule has 0 aliphatic rings. The van der Waals surface area contributed by atoms with Crippen molar-refractivity contribution in [2.75, 3.05) is 20.6 Å². The molecular formula is C11H22N4. The summed E-state index contributed by atoms with van der Waals surface area (Å²) in [5.41, 5.74) is 1.39. The molecule has 4 heteroatoms. The van der Waals surface area contributed by atoms with Crippen LogP contribution in [0.2, 0.25) is 0 Å². The van der Waals surface area contributed by atoms with Crippen molar-refractivity contribution in [3.63, 3.8) is 0 Å². The van der Waals surface area contributed by atoms with Crippen molar-refractivity contribution in [3.8, 4) is 0 Å². The predicted molar refractivity (Wildman–Crippen MR) is 62.7 cm³/mol. The van der Waals surface area contributed by atoms with Gasteiger partial charge in [0.1, 0.15) is 0 Å². The highest BCUT2D eigenvalue weighted by molar-refractivity contribution is 4.97. The zero-order chi connectivity index (χ0) is 11.5. The van der Waals surface area contributed by atoms with Crippen molar-refractivity contribution in [2.24, 2.45) is 7.05 Å². The van der Waals surface area contributed by atoms with E-state index in [1.165, 1.54) is 5.69 Å². The Labute approximate surface area is 92.3 Å². The lowest BCUT2D eigenvalue weighted by Crippen LogP contribution is -2.46. The third-order valence-corrected chi connectivity index (χ3v) is 2.99. The van der Waals surface area contributed by atoms with Gasteiger partial charge in [0.05, 0.1) is 12.0 Å². The summed E-state index contributed by atoms with van der Waals surface area (Å²) in [6.45, 7) is 6.28. The van der Waals surface area contributed by atoms with E-state index in [0.29, 0.717) is 0 Å². The van der Waals surface area contributed by atoms with Crippen LogP contribution in [0.4, 0.5) is 0 Å². The molecule has 1 aromatic rings. The van der Waals surface area contributed by atoms with Crippen LogP contribution in [0.3, 0.4) is 0 Å². The van der Waals surface area contributed by atoms with Crippen molar-refractivity contribution >= 4 is 0 Å². The van der Waals surface area contributed by atoms with E-state index in [-0.39, 0.29) is 5.54 Å². The van der Waals surface area contributed by atoms with Gasteiger partial charge in [-0.2, -0.15) is 0 Å². The van der Waals surface area contributed by atoms with Gasteiger partial charge in [-0.1, -0.05) is 0 Å². The first-order valence-electron chi connectivity index (χ1n) is 5.27. The maximum Gasteiger partial charge on any atom is 0.0945 e. The highest BCUT2D eigenvalue weighted by atomic mass is 15.2. The molecule has 0 aliphatic heterocycles. The van der Waals surface area contributed by atoms with Gasteiger partial charge < -0.3 is 14.8 Å². The minimum Gasteiger partial charge on any atom is -0.337 e.